The second-order valence-electron chi connectivity index (χ2n) is 3.98. The number of nitrogens with zero attached hydrogens (tertiary/aromatic N) is 1. The van der Waals surface area contributed by atoms with Gasteiger partial charge >= 0.3 is 0 Å². The summed E-state index contributed by atoms with van der Waals surface area (Å²) in [6.45, 7) is 1.29. The molecule has 1 fully saturated rings. The van der Waals surface area contributed by atoms with Crippen LogP contribution in [-0.2, 0) is 0 Å². The number of carbonyl (C=O) groups excluding carboxylic acids is 1. The lowest BCUT2D eigenvalue weighted by atomic mass is 10.1. The molecule has 1 aromatic rings. The Kier molecular flexibility index (Phi) is 3.06. The molecule has 1 saturated heterocycles. The maximum Gasteiger partial charge on any atom is 0.254 e. The van der Waals surface area contributed by atoms with E-state index in [1.807, 2.05) is 0 Å². The van der Waals surface area contributed by atoms with Gasteiger partial charge in [-0.05, 0) is 12.1 Å². The first-order chi connectivity index (χ1) is 8.00. The minimum absolute atomic E-state index is 0.0127. The first kappa shape index (κ1) is 11.9. The first-order valence-electron chi connectivity index (χ1n) is 5.13. The minimum atomic E-state index is -1.56. The van der Waals surface area contributed by atoms with Gasteiger partial charge in [0.2, 0.25) is 0 Å². The van der Waals surface area contributed by atoms with Crippen molar-refractivity contribution in [3.8, 4) is 0 Å². The predicted octanol–water partition coefficient (Wildman–Crippen LogP) is 1.15. The predicted molar refractivity (Wildman–Crippen MR) is 55.1 cm³/mol. The van der Waals surface area contributed by atoms with Gasteiger partial charge in [-0.2, -0.15) is 0 Å². The third-order valence-electron chi connectivity index (χ3n) is 2.86. The normalized spacial score (nSPS) is 15.5. The maximum absolute atomic E-state index is 13.0. The lowest BCUT2D eigenvalue weighted by Gasteiger charge is -2.35. The summed E-state index contributed by atoms with van der Waals surface area (Å²) in [5.41, 5.74) is -0.184. The van der Waals surface area contributed by atoms with Crippen LogP contribution in [0.5, 0.6) is 0 Å². The zero-order chi connectivity index (χ0) is 12.6. The molecule has 0 radical (unpaired) electrons. The van der Waals surface area contributed by atoms with Gasteiger partial charge in [0.15, 0.2) is 17.5 Å². The van der Waals surface area contributed by atoms with Crippen molar-refractivity contribution in [2.24, 2.45) is 0 Å². The summed E-state index contributed by atoms with van der Waals surface area (Å²) in [4.78, 5) is 13.2. The Bertz CT molecular complexity index is 437. The summed E-state index contributed by atoms with van der Waals surface area (Å²) < 4.78 is 38.7. The Morgan fingerprint density at radius 1 is 1.29 bits per heavy atom. The standard InChI is InChI=1S/C11H11F3N2O/c1-16(7-4-15-5-7)11(17)6-2-8(12)10(14)9(13)3-6/h2-3,7,15H,4-5H2,1H3. The van der Waals surface area contributed by atoms with Gasteiger partial charge in [-0.1, -0.05) is 0 Å². The molecule has 17 heavy (non-hydrogen) atoms. The molecule has 0 spiro atoms. The summed E-state index contributed by atoms with van der Waals surface area (Å²) in [5, 5.41) is 2.98. The maximum atomic E-state index is 13.0. The SMILES string of the molecule is CN(C(=O)c1cc(F)c(F)c(F)c1)C1CNC1. The van der Waals surface area contributed by atoms with E-state index >= 15 is 0 Å². The molecular formula is C11H11F3N2O. The number of hydrogen-bond donors (Lipinski definition) is 1. The number of likely N-dealkylation sites (N-methyl/N-ethyl adjacent to an activating group) is 1. The molecule has 1 heterocycles. The largest absolute Gasteiger partial charge is 0.336 e. The van der Waals surface area contributed by atoms with E-state index in [2.05, 4.69) is 5.32 Å². The number of amides is 1. The van der Waals surface area contributed by atoms with Gasteiger partial charge in [-0.15, -0.1) is 0 Å². The lowest BCUT2D eigenvalue weighted by molar-refractivity contribution is 0.0680. The summed E-state index contributed by atoms with van der Waals surface area (Å²) >= 11 is 0. The van der Waals surface area contributed by atoms with Crippen molar-refractivity contribution >= 4 is 5.91 Å². The monoisotopic (exact) mass is 244 g/mol. The third-order valence-corrected chi connectivity index (χ3v) is 2.86. The van der Waals surface area contributed by atoms with Crippen molar-refractivity contribution in [1.29, 1.82) is 0 Å². The average molecular weight is 244 g/mol. The van der Waals surface area contributed by atoms with E-state index < -0.39 is 23.4 Å². The van der Waals surface area contributed by atoms with E-state index in [-0.39, 0.29) is 11.6 Å². The third kappa shape index (κ3) is 2.12. The molecule has 1 N–H and O–H groups in total. The smallest absolute Gasteiger partial charge is 0.254 e. The van der Waals surface area contributed by atoms with Crippen molar-refractivity contribution in [2.45, 2.75) is 6.04 Å². The molecule has 0 atom stereocenters. The minimum Gasteiger partial charge on any atom is -0.336 e. The molecule has 0 aliphatic carbocycles. The average Bonchev–Trinajstić information content (AvgIpc) is 2.21. The number of carbonyl (C=O) groups is 1. The van der Waals surface area contributed by atoms with Crippen LogP contribution in [0.2, 0.25) is 0 Å². The Hall–Kier alpha value is -1.56. The zero-order valence-corrected chi connectivity index (χ0v) is 9.14. The van der Waals surface area contributed by atoms with Crippen LogP contribution in [0.15, 0.2) is 12.1 Å². The Balaban J connectivity index is 2.24. The molecule has 92 valence electrons. The molecule has 0 saturated carbocycles. The fourth-order valence-corrected chi connectivity index (χ4v) is 1.60. The van der Waals surface area contributed by atoms with E-state index in [4.69, 9.17) is 0 Å². The summed E-state index contributed by atoms with van der Waals surface area (Å²) in [6, 6.07) is 1.44. The van der Waals surface area contributed by atoms with Crippen LogP contribution < -0.4 is 5.32 Å². The highest BCUT2D eigenvalue weighted by Crippen LogP contribution is 2.16. The van der Waals surface area contributed by atoms with Crippen molar-refractivity contribution in [2.75, 3.05) is 20.1 Å². The molecule has 1 aromatic carbocycles. The van der Waals surface area contributed by atoms with Gasteiger partial charge in [0.1, 0.15) is 0 Å². The number of rotatable bonds is 2. The zero-order valence-electron chi connectivity index (χ0n) is 9.14. The number of hydrogen-bond acceptors (Lipinski definition) is 2. The van der Waals surface area contributed by atoms with Crippen LogP contribution in [0.25, 0.3) is 0 Å². The molecule has 0 bridgehead atoms. The lowest BCUT2D eigenvalue weighted by Crippen LogP contribution is -2.57. The molecule has 2 rings (SSSR count). The second kappa shape index (κ2) is 4.37. The van der Waals surface area contributed by atoms with Crippen LogP contribution in [0.3, 0.4) is 0 Å². The molecule has 0 unspecified atom stereocenters. The summed E-state index contributed by atoms with van der Waals surface area (Å²) in [7, 11) is 1.55. The highest BCUT2D eigenvalue weighted by Gasteiger charge is 2.27. The molecule has 3 nitrogen and oxygen atoms in total. The van der Waals surface area contributed by atoms with Gasteiger partial charge in [0, 0.05) is 25.7 Å². The highest BCUT2D eigenvalue weighted by atomic mass is 19.2. The van der Waals surface area contributed by atoms with Gasteiger partial charge in [-0.3, -0.25) is 4.79 Å². The van der Waals surface area contributed by atoms with Gasteiger partial charge < -0.3 is 10.2 Å². The second-order valence-corrected chi connectivity index (χ2v) is 3.98. The molecule has 1 aliphatic heterocycles. The number of benzene rings is 1. The topological polar surface area (TPSA) is 32.3 Å². The van der Waals surface area contributed by atoms with E-state index in [9.17, 15) is 18.0 Å². The van der Waals surface area contributed by atoms with Crippen LogP contribution in [0.1, 0.15) is 10.4 Å². The van der Waals surface area contributed by atoms with Crippen LogP contribution in [0.4, 0.5) is 13.2 Å². The first-order valence-corrected chi connectivity index (χ1v) is 5.13. The van der Waals surface area contributed by atoms with E-state index in [1.165, 1.54) is 4.90 Å². The highest BCUT2D eigenvalue weighted by molar-refractivity contribution is 5.94. The van der Waals surface area contributed by atoms with Crippen LogP contribution in [0, 0.1) is 17.5 Å². The van der Waals surface area contributed by atoms with Crippen LogP contribution >= 0.6 is 0 Å². The molecular weight excluding hydrogens is 233 g/mol. The van der Waals surface area contributed by atoms with Crippen LogP contribution in [-0.4, -0.2) is 37.0 Å². The van der Waals surface area contributed by atoms with Gasteiger partial charge in [-0.25, -0.2) is 13.2 Å². The number of halogens is 3. The van der Waals surface area contributed by atoms with Crippen molar-refractivity contribution in [3.05, 3.63) is 35.1 Å². The van der Waals surface area contributed by atoms with Gasteiger partial charge in [0.25, 0.3) is 5.91 Å². The Morgan fingerprint density at radius 3 is 2.24 bits per heavy atom. The molecule has 6 heteroatoms. The summed E-state index contributed by atoms with van der Waals surface area (Å²) in [6.07, 6.45) is 0. The quantitative estimate of drug-likeness (QED) is 0.791. The molecule has 1 amide bonds. The number of nitrogens with one attached hydrogen (secondary N) is 1. The molecule has 1 aliphatic rings. The van der Waals surface area contributed by atoms with E-state index in [0.29, 0.717) is 25.2 Å². The fourth-order valence-electron chi connectivity index (χ4n) is 1.60. The van der Waals surface area contributed by atoms with Crippen molar-refractivity contribution in [1.82, 2.24) is 10.2 Å². The van der Waals surface area contributed by atoms with Crippen molar-refractivity contribution in [3.63, 3.8) is 0 Å². The van der Waals surface area contributed by atoms with Crippen molar-refractivity contribution < 1.29 is 18.0 Å². The van der Waals surface area contributed by atoms with E-state index in [0.717, 1.165) is 0 Å². The Morgan fingerprint density at radius 2 is 1.82 bits per heavy atom. The molecule has 0 aromatic heterocycles. The summed E-state index contributed by atoms with van der Waals surface area (Å²) in [5.74, 6) is -4.79. The fraction of sp³-hybridized carbons (Fsp3) is 0.364. The Labute approximate surface area is 96.2 Å². The van der Waals surface area contributed by atoms with E-state index in [1.54, 1.807) is 7.05 Å². The van der Waals surface area contributed by atoms with Gasteiger partial charge in [0.05, 0.1) is 6.04 Å².